The number of phenols is 1. The lowest BCUT2D eigenvalue weighted by molar-refractivity contribution is -0.106. The lowest BCUT2D eigenvalue weighted by Crippen LogP contribution is -2.31. The first kappa shape index (κ1) is 25.1. The van der Waals surface area contributed by atoms with E-state index >= 15 is 0 Å². The lowest BCUT2D eigenvalue weighted by atomic mass is 9.95. The molecule has 8 nitrogen and oxygen atoms in total. The fourth-order valence-electron chi connectivity index (χ4n) is 4.39. The van der Waals surface area contributed by atoms with E-state index in [1.54, 1.807) is 43.4 Å². The van der Waals surface area contributed by atoms with Crippen LogP contribution in [0, 0.1) is 17.9 Å². The van der Waals surface area contributed by atoms with Crippen LogP contribution in [0.3, 0.4) is 0 Å². The Kier molecular flexibility index (Phi) is 6.90. The fourth-order valence-corrected chi connectivity index (χ4v) is 4.66. The van der Waals surface area contributed by atoms with Crippen LogP contribution in [0.1, 0.15) is 0 Å². The number of benzene rings is 3. The molecule has 0 saturated heterocycles. The largest absolute Gasteiger partial charge is 0.507 e. The number of anilines is 2. The van der Waals surface area contributed by atoms with Gasteiger partial charge in [0.25, 0.3) is 0 Å². The van der Waals surface area contributed by atoms with E-state index in [-0.39, 0.29) is 16.3 Å². The number of carbonyl (C=O) groups excluding carboxylic acids is 1. The second kappa shape index (κ2) is 10.4. The summed E-state index contributed by atoms with van der Waals surface area (Å²) in [6.07, 6.45) is 4.18. The lowest BCUT2D eigenvalue weighted by Gasteiger charge is -2.26. The van der Waals surface area contributed by atoms with Gasteiger partial charge in [-0.25, -0.2) is 9.29 Å². The van der Waals surface area contributed by atoms with Crippen LogP contribution in [0.5, 0.6) is 5.75 Å². The Morgan fingerprint density at radius 3 is 2.61 bits per heavy atom. The standard InChI is InChI=1S/C28H24ClFN6O2/c1-34(2)9-10-36(17-37)26-4-3-18(11-24(26)29)21-14-20(30)15-22(28(21)38)19-12-25-23(16-32-33-25)27(13-19)35-7-5-31-6-8-35/h3-5,11-17,38H,6-8H2,1-2H3,(H,32,33). The van der Waals surface area contributed by atoms with Gasteiger partial charge in [-0.2, -0.15) is 5.10 Å². The molecule has 0 atom stereocenters. The molecule has 0 saturated carbocycles. The van der Waals surface area contributed by atoms with Gasteiger partial charge in [0.05, 0.1) is 35.5 Å². The molecule has 192 valence electrons. The Bertz CT molecular complexity index is 1620. The van der Waals surface area contributed by atoms with Gasteiger partial charge in [0.15, 0.2) is 0 Å². The van der Waals surface area contributed by atoms with Crippen molar-refractivity contribution in [2.45, 2.75) is 0 Å². The number of aromatic amines is 1. The highest BCUT2D eigenvalue weighted by molar-refractivity contribution is 6.34. The number of nitrogens with zero attached hydrogens (tertiary/aromatic N) is 5. The number of aliphatic imine (C=N–C) groups is 1. The first-order valence-corrected chi connectivity index (χ1v) is 12.2. The van der Waals surface area contributed by atoms with Crippen molar-refractivity contribution in [2.24, 2.45) is 4.99 Å². The zero-order chi connectivity index (χ0) is 26.8. The summed E-state index contributed by atoms with van der Waals surface area (Å²) in [6, 6.07) is 16.6. The monoisotopic (exact) mass is 530 g/mol. The third-order valence-corrected chi connectivity index (χ3v) is 6.51. The highest BCUT2D eigenvalue weighted by Crippen LogP contribution is 2.43. The number of fused-ring (bicyclic) bond motifs is 1. The van der Waals surface area contributed by atoms with Gasteiger partial charge < -0.3 is 14.9 Å². The van der Waals surface area contributed by atoms with Gasteiger partial charge in [-0.1, -0.05) is 17.7 Å². The minimum Gasteiger partial charge on any atom is -0.507 e. The van der Waals surface area contributed by atoms with Gasteiger partial charge in [0.1, 0.15) is 11.6 Å². The van der Waals surface area contributed by atoms with E-state index in [1.165, 1.54) is 12.1 Å². The number of rotatable bonds is 5. The number of aromatic nitrogens is 2. The van der Waals surface area contributed by atoms with Crippen molar-refractivity contribution in [3.63, 3.8) is 0 Å². The zero-order valence-electron chi connectivity index (χ0n) is 20.7. The summed E-state index contributed by atoms with van der Waals surface area (Å²) in [5.74, 6) is -0.615. The Labute approximate surface area is 224 Å². The SMILES string of the molecule is CN(C)C#CN(C=O)c1ccc(-c2cc(F)cc(-c3cc(N4CC=NCC4)c4cn[nH]c4c3)c2O)cc1Cl. The minimum atomic E-state index is -0.518. The van der Waals surface area contributed by atoms with Crippen LogP contribution in [-0.2, 0) is 4.79 Å². The smallest absolute Gasteiger partial charge is 0.226 e. The van der Waals surface area contributed by atoms with E-state index in [0.717, 1.165) is 28.0 Å². The number of halogens is 2. The molecule has 1 aromatic heterocycles. The molecule has 0 fully saturated rings. The van der Waals surface area contributed by atoms with Crippen LogP contribution >= 0.6 is 11.6 Å². The molecule has 10 heteroatoms. The predicted octanol–water partition coefficient (Wildman–Crippen LogP) is 4.73. The van der Waals surface area contributed by atoms with Crippen molar-refractivity contribution in [2.75, 3.05) is 43.5 Å². The predicted molar refractivity (Wildman–Crippen MR) is 149 cm³/mol. The maximum Gasteiger partial charge on any atom is 0.226 e. The summed E-state index contributed by atoms with van der Waals surface area (Å²) in [4.78, 5) is 20.8. The average Bonchev–Trinajstić information content (AvgIpc) is 3.39. The van der Waals surface area contributed by atoms with E-state index in [0.29, 0.717) is 41.9 Å². The van der Waals surface area contributed by atoms with E-state index in [9.17, 15) is 14.3 Å². The summed E-state index contributed by atoms with van der Waals surface area (Å²) in [5.41, 5.74) is 3.77. The molecule has 2 N–H and O–H groups in total. The van der Waals surface area contributed by atoms with Crippen molar-refractivity contribution < 1.29 is 14.3 Å². The number of aromatic hydroxyl groups is 1. The number of carbonyl (C=O) groups is 1. The summed E-state index contributed by atoms with van der Waals surface area (Å²) in [7, 11) is 3.50. The van der Waals surface area contributed by atoms with Crippen LogP contribution < -0.4 is 9.80 Å². The molecular formula is C28H24ClFN6O2. The molecule has 38 heavy (non-hydrogen) atoms. The fraction of sp³-hybridized carbons (Fsp3) is 0.179. The third kappa shape index (κ3) is 4.86. The second-order valence-electron chi connectivity index (χ2n) is 8.97. The maximum atomic E-state index is 15.0. The van der Waals surface area contributed by atoms with E-state index in [1.807, 2.05) is 18.3 Å². The average molecular weight is 531 g/mol. The number of phenolic OH excluding ortho intramolecular Hbond substituents is 1. The van der Waals surface area contributed by atoms with Crippen LogP contribution in [0.15, 0.2) is 53.7 Å². The number of hydrogen-bond donors (Lipinski definition) is 2. The molecule has 0 spiro atoms. The van der Waals surface area contributed by atoms with Crippen molar-refractivity contribution in [1.29, 1.82) is 0 Å². The molecule has 5 rings (SSSR count). The van der Waals surface area contributed by atoms with Crippen LogP contribution in [0.4, 0.5) is 15.8 Å². The summed E-state index contributed by atoms with van der Waals surface area (Å²) in [5, 5.41) is 19.7. The molecule has 0 unspecified atom stereocenters. The minimum absolute atomic E-state index is 0.0973. The Morgan fingerprint density at radius 2 is 1.92 bits per heavy atom. The molecule has 0 aliphatic carbocycles. The molecule has 1 amide bonds. The number of nitrogens with one attached hydrogen (secondary N) is 1. The van der Waals surface area contributed by atoms with Crippen LogP contribution in [0.25, 0.3) is 33.2 Å². The molecule has 1 aliphatic heterocycles. The van der Waals surface area contributed by atoms with Crippen LogP contribution in [-0.4, -0.2) is 66.6 Å². The van der Waals surface area contributed by atoms with Gasteiger partial charge >= 0.3 is 0 Å². The Balaban J connectivity index is 1.59. The van der Waals surface area contributed by atoms with Gasteiger partial charge in [0, 0.05) is 61.1 Å². The summed E-state index contributed by atoms with van der Waals surface area (Å²) in [6.45, 7) is 2.06. The quantitative estimate of drug-likeness (QED) is 0.221. The first-order chi connectivity index (χ1) is 18.4. The number of H-pyrrole nitrogens is 1. The summed E-state index contributed by atoms with van der Waals surface area (Å²) < 4.78 is 15.0. The van der Waals surface area contributed by atoms with Crippen molar-refractivity contribution in [3.8, 4) is 40.1 Å². The molecule has 1 aliphatic rings. The zero-order valence-corrected chi connectivity index (χ0v) is 21.5. The van der Waals surface area contributed by atoms with E-state index in [2.05, 4.69) is 32.2 Å². The highest BCUT2D eigenvalue weighted by atomic mass is 35.5. The highest BCUT2D eigenvalue weighted by Gasteiger charge is 2.20. The van der Waals surface area contributed by atoms with E-state index in [4.69, 9.17) is 11.6 Å². The van der Waals surface area contributed by atoms with Gasteiger partial charge in [0.2, 0.25) is 6.41 Å². The molecule has 0 bridgehead atoms. The summed E-state index contributed by atoms with van der Waals surface area (Å²) >= 11 is 6.49. The second-order valence-corrected chi connectivity index (χ2v) is 9.38. The van der Waals surface area contributed by atoms with Gasteiger partial charge in [-0.3, -0.25) is 14.9 Å². The Morgan fingerprint density at radius 1 is 1.13 bits per heavy atom. The van der Waals surface area contributed by atoms with Crippen LogP contribution in [0.2, 0.25) is 5.02 Å². The molecule has 3 aromatic carbocycles. The first-order valence-electron chi connectivity index (χ1n) is 11.8. The number of amides is 1. The van der Waals surface area contributed by atoms with E-state index < -0.39 is 5.82 Å². The molecule has 4 aromatic rings. The topological polar surface area (TPSA) is 88.1 Å². The molecule has 0 radical (unpaired) electrons. The van der Waals surface area contributed by atoms with Gasteiger partial charge in [-0.05, 0) is 47.5 Å². The number of hydrogen-bond acceptors (Lipinski definition) is 6. The van der Waals surface area contributed by atoms with Crippen molar-refractivity contribution in [1.82, 2.24) is 15.1 Å². The van der Waals surface area contributed by atoms with Crippen molar-refractivity contribution >= 4 is 46.5 Å². The molecular weight excluding hydrogens is 507 g/mol. The van der Waals surface area contributed by atoms with Crippen molar-refractivity contribution in [3.05, 3.63) is 59.5 Å². The van der Waals surface area contributed by atoms with Gasteiger partial charge in [-0.15, -0.1) is 0 Å². The third-order valence-electron chi connectivity index (χ3n) is 6.21. The Hall–Kier alpha value is -4.55. The molecule has 2 heterocycles. The normalized spacial score (nSPS) is 12.8. The maximum absolute atomic E-state index is 15.0.